The molecule has 0 radical (unpaired) electrons. The van der Waals surface area contributed by atoms with Crippen molar-refractivity contribution in [2.45, 2.75) is 46.0 Å². The van der Waals surface area contributed by atoms with Gasteiger partial charge in [0.25, 0.3) is 0 Å². The van der Waals surface area contributed by atoms with Crippen LogP contribution in [0.25, 0.3) is 0 Å². The van der Waals surface area contributed by atoms with Crippen LogP contribution in [0.5, 0.6) is 0 Å². The van der Waals surface area contributed by atoms with Gasteiger partial charge in [0.1, 0.15) is 12.2 Å². The molecular formula is C10H24N2O5. The van der Waals surface area contributed by atoms with Crippen LogP contribution in [0.4, 0.5) is 0 Å². The summed E-state index contributed by atoms with van der Waals surface area (Å²) in [5.41, 5.74) is 9.47. The third-order valence-electron chi connectivity index (χ3n) is 1.34. The number of rotatable bonds is 3. The highest BCUT2D eigenvalue weighted by Crippen LogP contribution is 1.76. The summed E-state index contributed by atoms with van der Waals surface area (Å²) in [5, 5.41) is 24.7. The van der Waals surface area contributed by atoms with Crippen molar-refractivity contribution in [3.05, 3.63) is 0 Å². The molecule has 17 heavy (non-hydrogen) atoms. The molecule has 0 aromatic heterocycles. The molecule has 0 bridgehead atoms. The first kappa shape index (κ1) is 21.3. The lowest BCUT2D eigenvalue weighted by Gasteiger charge is -1.91. The quantitative estimate of drug-likeness (QED) is 0.398. The number of aliphatic hydroxyl groups excluding tert-OH is 3. The third kappa shape index (κ3) is 31.3. The monoisotopic (exact) mass is 252 g/mol. The molecule has 7 nitrogen and oxygen atoms in total. The van der Waals surface area contributed by atoms with Crippen molar-refractivity contribution in [1.82, 2.24) is 0 Å². The van der Waals surface area contributed by atoms with Gasteiger partial charge in [-0.3, -0.25) is 9.59 Å². The molecule has 0 unspecified atom stereocenters. The van der Waals surface area contributed by atoms with Crippen LogP contribution >= 0.6 is 0 Å². The van der Waals surface area contributed by atoms with Crippen LogP contribution in [-0.4, -0.2) is 51.9 Å². The highest BCUT2D eigenvalue weighted by atomic mass is 16.3. The van der Waals surface area contributed by atoms with Crippen molar-refractivity contribution < 1.29 is 24.9 Å². The number of ketones is 1. The van der Waals surface area contributed by atoms with Gasteiger partial charge >= 0.3 is 0 Å². The average Bonchev–Trinajstić information content (AvgIpc) is 2.19. The summed E-state index contributed by atoms with van der Waals surface area (Å²) in [6.45, 7) is 6.13. The fraction of sp³-hybridized carbons (Fsp3) is 0.800. The van der Waals surface area contributed by atoms with Crippen LogP contribution in [0.15, 0.2) is 0 Å². The van der Waals surface area contributed by atoms with Crippen molar-refractivity contribution in [2.24, 2.45) is 11.5 Å². The van der Waals surface area contributed by atoms with Gasteiger partial charge in [0.05, 0.1) is 6.10 Å². The molecule has 0 aromatic carbocycles. The highest BCUT2D eigenvalue weighted by Gasteiger charge is 1.98. The fourth-order valence-corrected chi connectivity index (χ4v) is 0. The molecule has 0 aliphatic carbocycles. The maximum absolute atomic E-state index is 9.89. The van der Waals surface area contributed by atoms with Crippen LogP contribution in [0, 0.1) is 0 Å². The molecule has 0 saturated carbocycles. The van der Waals surface area contributed by atoms with Crippen molar-refractivity contribution in [3.63, 3.8) is 0 Å². The van der Waals surface area contributed by atoms with Crippen molar-refractivity contribution >= 4 is 11.7 Å². The second kappa shape index (κ2) is 13.0. The largest absolute Gasteiger partial charge is 0.392 e. The Morgan fingerprint density at radius 2 is 1.24 bits per heavy atom. The number of hydrogen-bond donors (Lipinski definition) is 5. The first-order valence-corrected chi connectivity index (χ1v) is 5.10. The van der Waals surface area contributed by atoms with E-state index in [2.05, 4.69) is 5.73 Å². The molecule has 104 valence electrons. The van der Waals surface area contributed by atoms with Crippen LogP contribution in [-0.2, 0) is 9.59 Å². The van der Waals surface area contributed by atoms with Gasteiger partial charge in [-0.05, 0) is 27.7 Å². The molecule has 7 N–H and O–H groups in total. The van der Waals surface area contributed by atoms with E-state index < -0.39 is 18.1 Å². The lowest BCUT2D eigenvalue weighted by Crippen LogP contribution is -2.24. The van der Waals surface area contributed by atoms with Gasteiger partial charge in [0.2, 0.25) is 5.91 Å². The molecule has 1 amide bonds. The molecule has 7 heteroatoms. The second-order valence-corrected chi connectivity index (χ2v) is 3.45. The second-order valence-electron chi connectivity index (χ2n) is 3.45. The van der Waals surface area contributed by atoms with E-state index in [0.717, 1.165) is 0 Å². The molecule has 0 rings (SSSR count). The standard InChI is InChI=1S/C4H8O2.C3H7NO2.C3H9NO/c1-3(5)4(2)6;1-2(5)3(4)6;1-3(5)2-4/h3,5H,1-2H3;2,5H,1H3,(H2,4,6);3,5H,2,4H2,1H3/t3-;2-;3-/m000/s1. The van der Waals surface area contributed by atoms with Gasteiger partial charge in [-0.1, -0.05) is 0 Å². The summed E-state index contributed by atoms with van der Waals surface area (Å²) >= 11 is 0. The Labute approximate surface area is 101 Å². The Morgan fingerprint density at radius 1 is 1.06 bits per heavy atom. The number of hydrogen-bond acceptors (Lipinski definition) is 6. The first-order chi connectivity index (χ1) is 7.56. The van der Waals surface area contributed by atoms with Crippen molar-refractivity contribution in [1.29, 1.82) is 0 Å². The van der Waals surface area contributed by atoms with E-state index in [4.69, 9.17) is 21.1 Å². The van der Waals surface area contributed by atoms with Crippen LogP contribution in [0.3, 0.4) is 0 Å². The molecule has 0 spiro atoms. The lowest BCUT2D eigenvalue weighted by atomic mass is 10.3. The smallest absolute Gasteiger partial charge is 0.245 e. The zero-order valence-corrected chi connectivity index (χ0v) is 10.8. The maximum Gasteiger partial charge on any atom is 0.245 e. The van der Waals surface area contributed by atoms with Crippen molar-refractivity contribution in [2.75, 3.05) is 6.54 Å². The topological polar surface area (TPSA) is 147 Å². The number of nitrogens with two attached hydrogens (primary N) is 2. The molecule has 0 aliphatic heterocycles. The molecule has 3 atom stereocenters. The van der Waals surface area contributed by atoms with Gasteiger partial charge < -0.3 is 26.8 Å². The predicted molar refractivity (Wildman–Crippen MR) is 64.0 cm³/mol. The van der Waals surface area contributed by atoms with E-state index in [1.165, 1.54) is 20.8 Å². The predicted octanol–water partition coefficient (Wildman–Crippen LogP) is -1.87. The molecule has 0 heterocycles. The Balaban J connectivity index is -0.000000174. The normalized spacial score (nSPS) is 14.1. The van der Waals surface area contributed by atoms with E-state index >= 15 is 0 Å². The highest BCUT2D eigenvalue weighted by molar-refractivity contribution is 5.79. The summed E-state index contributed by atoms with van der Waals surface area (Å²) < 4.78 is 0. The lowest BCUT2D eigenvalue weighted by molar-refractivity contribution is -0.125. The van der Waals surface area contributed by atoms with Gasteiger partial charge in [0.15, 0.2) is 5.78 Å². The van der Waals surface area contributed by atoms with E-state index in [0.29, 0.717) is 6.54 Å². The fourth-order valence-electron chi connectivity index (χ4n) is 0. The van der Waals surface area contributed by atoms with Crippen LogP contribution < -0.4 is 11.5 Å². The minimum absolute atomic E-state index is 0.185. The van der Waals surface area contributed by atoms with Crippen LogP contribution in [0.2, 0.25) is 0 Å². The van der Waals surface area contributed by atoms with E-state index in [1.54, 1.807) is 6.92 Å². The minimum Gasteiger partial charge on any atom is -0.392 e. The third-order valence-corrected chi connectivity index (χ3v) is 1.34. The van der Waals surface area contributed by atoms with E-state index in [-0.39, 0.29) is 11.9 Å². The minimum atomic E-state index is -1.01. The molecular weight excluding hydrogens is 228 g/mol. The number of amides is 1. The number of Topliss-reactive ketones (excluding diaryl/α,β-unsaturated/α-hetero) is 1. The summed E-state index contributed by atoms with van der Waals surface area (Å²) in [7, 11) is 0. The van der Waals surface area contributed by atoms with Gasteiger partial charge in [-0.15, -0.1) is 0 Å². The summed E-state index contributed by atoms with van der Waals surface area (Å²) in [5.74, 6) is -0.870. The Bertz CT molecular complexity index is 187. The first-order valence-electron chi connectivity index (χ1n) is 5.10. The number of aliphatic hydroxyl groups is 3. The van der Waals surface area contributed by atoms with Crippen LogP contribution in [0.1, 0.15) is 27.7 Å². The van der Waals surface area contributed by atoms with Gasteiger partial charge in [-0.2, -0.15) is 0 Å². The average molecular weight is 252 g/mol. The van der Waals surface area contributed by atoms with Gasteiger partial charge in [0, 0.05) is 6.54 Å². The molecule has 0 saturated heterocycles. The van der Waals surface area contributed by atoms with Gasteiger partial charge in [-0.25, -0.2) is 0 Å². The molecule has 0 aliphatic rings. The Morgan fingerprint density at radius 3 is 1.24 bits per heavy atom. The Hall–Kier alpha value is -1.02. The van der Waals surface area contributed by atoms with Crippen molar-refractivity contribution in [3.8, 4) is 0 Å². The zero-order chi connectivity index (χ0) is 14.6. The number of carbonyl (C=O) groups excluding carboxylic acids is 2. The SMILES string of the molecule is CC(=O)[C@H](C)O.C[C@H](O)C(N)=O.C[C@H](O)CN. The molecule has 0 fully saturated rings. The maximum atomic E-state index is 9.89. The summed E-state index contributed by atoms with van der Waals surface area (Å²) in [4.78, 5) is 19.6. The summed E-state index contributed by atoms with van der Waals surface area (Å²) in [6, 6.07) is 0. The Kier molecular flexibility index (Phi) is 16.3. The molecule has 0 aromatic rings. The summed E-state index contributed by atoms with van der Waals surface area (Å²) in [6.07, 6.45) is -2.13. The number of primary amides is 1. The van der Waals surface area contributed by atoms with E-state index in [9.17, 15) is 9.59 Å². The number of carbonyl (C=O) groups is 2. The van der Waals surface area contributed by atoms with E-state index in [1.807, 2.05) is 0 Å². The zero-order valence-electron chi connectivity index (χ0n) is 10.8.